The third kappa shape index (κ3) is 3.71. The highest BCUT2D eigenvalue weighted by molar-refractivity contribution is 5.95. The van der Waals surface area contributed by atoms with Crippen LogP contribution in [0, 0.1) is 6.92 Å². The van der Waals surface area contributed by atoms with Crippen molar-refractivity contribution in [1.29, 1.82) is 0 Å². The molecule has 1 aromatic rings. The maximum Gasteiger partial charge on any atom is 0.253 e. The molecular weight excluding hydrogens is 218 g/mol. The average Bonchev–Trinajstić information content (AvgIpc) is 2.29. The zero-order valence-corrected chi connectivity index (χ0v) is 10.4. The lowest BCUT2D eigenvalue weighted by Crippen LogP contribution is -2.40. The van der Waals surface area contributed by atoms with Gasteiger partial charge in [0.1, 0.15) is 0 Å². The van der Waals surface area contributed by atoms with Crippen molar-refractivity contribution in [3.8, 4) is 0 Å². The summed E-state index contributed by atoms with van der Waals surface area (Å²) in [7, 11) is 0. The Hall–Kier alpha value is -1.62. The number of rotatable bonds is 4. The molecule has 0 saturated carbocycles. The van der Waals surface area contributed by atoms with Gasteiger partial charge >= 0.3 is 0 Å². The van der Waals surface area contributed by atoms with Gasteiger partial charge in [-0.3, -0.25) is 9.78 Å². The van der Waals surface area contributed by atoms with Crippen LogP contribution in [0.4, 0.5) is 5.69 Å². The van der Waals surface area contributed by atoms with E-state index < -0.39 is 5.60 Å². The summed E-state index contributed by atoms with van der Waals surface area (Å²) in [6.07, 6.45) is 2.08. The van der Waals surface area contributed by atoms with Crippen molar-refractivity contribution < 1.29 is 9.90 Å². The number of nitrogen functional groups attached to an aromatic ring is 1. The highest BCUT2D eigenvalue weighted by atomic mass is 16.3. The molecule has 1 unspecified atom stereocenters. The summed E-state index contributed by atoms with van der Waals surface area (Å²) in [5.74, 6) is -0.268. The van der Waals surface area contributed by atoms with Gasteiger partial charge in [0.25, 0.3) is 5.91 Å². The summed E-state index contributed by atoms with van der Waals surface area (Å²) < 4.78 is 0. The number of aliphatic hydroxyl groups is 1. The summed E-state index contributed by atoms with van der Waals surface area (Å²) in [6.45, 7) is 5.49. The van der Waals surface area contributed by atoms with E-state index in [1.807, 2.05) is 6.92 Å². The Morgan fingerprint density at radius 1 is 1.65 bits per heavy atom. The normalized spacial score (nSPS) is 14.1. The van der Waals surface area contributed by atoms with Crippen molar-refractivity contribution in [2.24, 2.45) is 0 Å². The SMILES string of the molecule is CCC(C)(O)CNC(=O)c1cc(N)cnc1C. The van der Waals surface area contributed by atoms with Crippen LogP contribution in [-0.4, -0.2) is 28.1 Å². The summed E-state index contributed by atoms with van der Waals surface area (Å²) in [5, 5.41) is 12.5. The molecule has 0 aliphatic rings. The number of hydrogen-bond donors (Lipinski definition) is 3. The number of nitrogens with zero attached hydrogens (tertiary/aromatic N) is 1. The smallest absolute Gasteiger partial charge is 0.253 e. The van der Waals surface area contributed by atoms with E-state index in [1.54, 1.807) is 19.9 Å². The molecule has 1 amide bonds. The van der Waals surface area contributed by atoms with E-state index in [-0.39, 0.29) is 12.5 Å². The summed E-state index contributed by atoms with van der Waals surface area (Å²) in [5.41, 5.74) is 6.20. The second kappa shape index (κ2) is 5.14. The molecule has 4 N–H and O–H groups in total. The van der Waals surface area contributed by atoms with Crippen LogP contribution in [0.2, 0.25) is 0 Å². The van der Waals surface area contributed by atoms with Gasteiger partial charge in [0.2, 0.25) is 0 Å². The number of hydrogen-bond acceptors (Lipinski definition) is 4. The van der Waals surface area contributed by atoms with Gasteiger partial charge in [-0.15, -0.1) is 0 Å². The number of anilines is 1. The number of pyridine rings is 1. The summed E-state index contributed by atoms with van der Waals surface area (Å²) >= 11 is 0. The van der Waals surface area contributed by atoms with Gasteiger partial charge in [-0.1, -0.05) is 6.92 Å². The molecule has 17 heavy (non-hydrogen) atoms. The lowest BCUT2D eigenvalue weighted by atomic mass is 10.0. The fraction of sp³-hybridized carbons (Fsp3) is 0.500. The molecule has 0 aliphatic heterocycles. The first-order chi connectivity index (χ1) is 7.85. The predicted molar refractivity (Wildman–Crippen MR) is 66.6 cm³/mol. The first-order valence-electron chi connectivity index (χ1n) is 5.58. The number of aromatic nitrogens is 1. The number of carbonyl (C=O) groups excluding carboxylic acids is 1. The minimum atomic E-state index is -0.892. The van der Waals surface area contributed by atoms with Gasteiger partial charge < -0.3 is 16.2 Å². The average molecular weight is 237 g/mol. The van der Waals surface area contributed by atoms with Crippen molar-refractivity contribution in [2.45, 2.75) is 32.8 Å². The molecule has 0 radical (unpaired) electrons. The molecule has 0 fully saturated rings. The standard InChI is InChI=1S/C12H19N3O2/c1-4-12(3,17)7-15-11(16)10-5-9(13)6-14-8(10)2/h5-6,17H,4,7,13H2,1-3H3,(H,15,16). The number of nitrogens with two attached hydrogens (primary N) is 1. The van der Waals surface area contributed by atoms with Crippen molar-refractivity contribution in [3.05, 3.63) is 23.5 Å². The van der Waals surface area contributed by atoms with Crippen LogP contribution >= 0.6 is 0 Å². The first kappa shape index (κ1) is 13.4. The Morgan fingerprint density at radius 2 is 2.29 bits per heavy atom. The Kier molecular flexibility index (Phi) is 4.07. The van der Waals surface area contributed by atoms with E-state index in [9.17, 15) is 9.90 Å². The van der Waals surface area contributed by atoms with E-state index in [1.165, 1.54) is 6.20 Å². The fourth-order valence-corrected chi connectivity index (χ4v) is 1.27. The van der Waals surface area contributed by atoms with Crippen molar-refractivity contribution in [1.82, 2.24) is 10.3 Å². The van der Waals surface area contributed by atoms with Crippen LogP contribution in [0.5, 0.6) is 0 Å². The zero-order valence-electron chi connectivity index (χ0n) is 10.4. The summed E-state index contributed by atoms with van der Waals surface area (Å²) in [6, 6.07) is 1.58. The van der Waals surface area contributed by atoms with Gasteiger partial charge in [-0.2, -0.15) is 0 Å². The largest absolute Gasteiger partial charge is 0.397 e. The molecule has 0 aromatic carbocycles. The molecule has 1 heterocycles. The van der Waals surface area contributed by atoms with Gasteiger partial charge in [0, 0.05) is 6.54 Å². The fourth-order valence-electron chi connectivity index (χ4n) is 1.27. The molecule has 0 aliphatic carbocycles. The van der Waals surface area contributed by atoms with E-state index in [2.05, 4.69) is 10.3 Å². The molecular formula is C12H19N3O2. The quantitative estimate of drug-likeness (QED) is 0.724. The van der Waals surface area contributed by atoms with Crippen molar-refractivity contribution >= 4 is 11.6 Å². The monoisotopic (exact) mass is 237 g/mol. The zero-order chi connectivity index (χ0) is 13.1. The Balaban J connectivity index is 2.74. The van der Waals surface area contributed by atoms with E-state index >= 15 is 0 Å². The van der Waals surface area contributed by atoms with Crippen LogP contribution in [0.25, 0.3) is 0 Å². The molecule has 0 saturated heterocycles. The van der Waals surface area contributed by atoms with Gasteiger partial charge in [0.15, 0.2) is 0 Å². The number of amides is 1. The molecule has 5 heteroatoms. The van der Waals surface area contributed by atoms with E-state index in [0.717, 1.165) is 0 Å². The van der Waals surface area contributed by atoms with Crippen LogP contribution in [0.15, 0.2) is 12.3 Å². The second-order valence-electron chi connectivity index (χ2n) is 4.43. The van der Waals surface area contributed by atoms with Gasteiger partial charge in [-0.25, -0.2) is 0 Å². The van der Waals surface area contributed by atoms with Crippen LogP contribution < -0.4 is 11.1 Å². The van der Waals surface area contributed by atoms with Crippen LogP contribution in [0.3, 0.4) is 0 Å². The first-order valence-corrected chi connectivity index (χ1v) is 5.58. The number of carbonyl (C=O) groups is 1. The third-order valence-electron chi connectivity index (χ3n) is 2.74. The third-order valence-corrected chi connectivity index (χ3v) is 2.74. The number of aryl methyl sites for hydroxylation is 1. The maximum absolute atomic E-state index is 11.9. The minimum Gasteiger partial charge on any atom is -0.397 e. The lowest BCUT2D eigenvalue weighted by molar-refractivity contribution is 0.0518. The minimum absolute atomic E-state index is 0.205. The van der Waals surface area contributed by atoms with Crippen molar-refractivity contribution in [3.63, 3.8) is 0 Å². The molecule has 1 aromatic heterocycles. The predicted octanol–water partition coefficient (Wildman–Crippen LogP) is 0.863. The van der Waals surface area contributed by atoms with E-state index in [4.69, 9.17) is 5.73 Å². The molecule has 5 nitrogen and oxygen atoms in total. The van der Waals surface area contributed by atoms with Crippen LogP contribution in [-0.2, 0) is 0 Å². The second-order valence-corrected chi connectivity index (χ2v) is 4.43. The van der Waals surface area contributed by atoms with Crippen LogP contribution in [0.1, 0.15) is 36.3 Å². The molecule has 1 atom stereocenters. The highest BCUT2D eigenvalue weighted by Crippen LogP contribution is 2.11. The lowest BCUT2D eigenvalue weighted by Gasteiger charge is -2.21. The highest BCUT2D eigenvalue weighted by Gasteiger charge is 2.19. The number of nitrogens with one attached hydrogen (secondary N) is 1. The topological polar surface area (TPSA) is 88.2 Å². The Labute approximate surface area is 101 Å². The summed E-state index contributed by atoms with van der Waals surface area (Å²) in [4.78, 5) is 15.9. The van der Waals surface area contributed by atoms with Gasteiger partial charge in [-0.05, 0) is 26.3 Å². The Bertz CT molecular complexity index is 416. The molecule has 0 bridgehead atoms. The molecule has 94 valence electrons. The van der Waals surface area contributed by atoms with Crippen molar-refractivity contribution in [2.75, 3.05) is 12.3 Å². The Morgan fingerprint density at radius 3 is 2.88 bits per heavy atom. The van der Waals surface area contributed by atoms with Gasteiger partial charge in [0.05, 0.1) is 28.7 Å². The molecule has 0 spiro atoms. The maximum atomic E-state index is 11.9. The molecule has 1 rings (SSSR count). The van der Waals surface area contributed by atoms with E-state index in [0.29, 0.717) is 23.4 Å².